The maximum Gasteiger partial charge on any atom is 0.336 e. The van der Waals surface area contributed by atoms with E-state index in [1.54, 1.807) is 48.5 Å². The number of benzene rings is 4. The van der Waals surface area contributed by atoms with Crippen LogP contribution in [0.4, 0.5) is 4.39 Å². The molecule has 0 spiro atoms. The van der Waals surface area contributed by atoms with Crippen molar-refractivity contribution in [2.24, 2.45) is 5.73 Å². The summed E-state index contributed by atoms with van der Waals surface area (Å²) >= 11 is 0. The zero-order valence-corrected chi connectivity index (χ0v) is 22.0. The van der Waals surface area contributed by atoms with Crippen LogP contribution in [0.1, 0.15) is 28.2 Å². The number of hydrogen-bond acceptors (Lipinski definition) is 7. The van der Waals surface area contributed by atoms with Gasteiger partial charge in [0.25, 0.3) is 0 Å². The first kappa shape index (κ1) is 27.0. The van der Waals surface area contributed by atoms with Crippen LogP contribution in [0.3, 0.4) is 0 Å². The largest absolute Gasteiger partial charge is 0.493 e. The van der Waals surface area contributed by atoms with E-state index in [1.165, 1.54) is 25.3 Å². The van der Waals surface area contributed by atoms with E-state index < -0.39 is 11.9 Å². The average molecular weight is 549 g/mol. The highest BCUT2D eigenvalue weighted by Crippen LogP contribution is 2.45. The van der Waals surface area contributed by atoms with Crippen molar-refractivity contribution < 1.29 is 28.1 Å². The topological polar surface area (TPSA) is 104 Å². The van der Waals surface area contributed by atoms with Crippen molar-refractivity contribution in [1.82, 2.24) is 0 Å². The van der Waals surface area contributed by atoms with Gasteiger partial charge in [0.1, 0.15) is 35.6 Å². The lowest BCUT2D eigenvalue weighted by Crippen LogP contribution is -2.21. The van der Waals surface area contributed by atoms with Crippen LogP contribution in [0, 0.1) is 17.1 Å². The number of carbonyl (C=O) groups is 1. The molecule has 1 heterocycles. The van der Waals surface area contributed by atoms with Gasteiger partial charge in [0.2, 0.25) is 5.88 Å². The molecular weight excluding hydrogens is 523 g/mol. The first-order valence-electron chi connectivity index (χ1n) is 12.7. The summed E-state index contributed by atoms with van der Waals surface area (Å²) in [5, 5.41) is 9.93. The van der Waals surface area contributed by atoms with E-state index in [4.69, 9.17) is 24.7 Å². The average Bonchev–Trinajstić information content (AvgIpc) is 2.99. The third kappa shape index (κ3) is 6.21. The van der Waals surface area contributed by atoms with Gasteiger partial charge in [-0.1, -0.05) is 54.6 Å². The molecule has 0 fully saturated rings. The number of nitrogens with zero attached hydrogens (tertiary/aromatic N) is 1. The second-order valence-electron chi connectivity index (χ2n) is 9.11. The molecule has 0 saturated heterocycles. The Bertz CT molecular complexity index is 1670. The minimum absolute atomic E-state index is 0.0481. The van der Waals surface area contributed by atoms with Gasteiger partial charge in [-0.3, -0.25) is 0 Å². The number of halogens is 1. The molecule has 4 aromatic carbocycles. The Morgan fingerprint density at radius 2 is 1.80 bits per heavy atom. The summed E-state index contributed by atoms with van der Waals surface area (Å²) < 4.78 is 35.9. The Morgan fingerprint density at radius 3 is 2.54 bits per heavy atom. The molecule has 0 bridgehead atoms. The number of nitrogens with two attached hydrogens (primary N) is 1. The van der Waals surface area contributed by atoms with Gasteiger partial charge in [-0.05, 0) is 53.1 Å². The zero-order valence-electron chi connectivity index (χ0n) is 22.0. The number of ether oxygens (including phenoxy) is 4. The summed E-state index contributed by atoms with van der Waals surface area (Å²) in [4.78, 5) is 12.4. The Labute approximate surface area is 236 Å². The minimum atomic E-state index is -0.563. The van der Waals surface area contributed by atoms with Gasteiger partial charge < -0.3 is 24.7 Å². The van der Waals surface area contributed by atoms with Crippen LogP contribution < -0.4 is 24.7 Å². The maximum absolute atomic E-state index is 13.2. The van der Waals surface area contributed by atoms with E-state index in [0.717, 1.165) is 16.7 Å². The second-order valence-corrected chi connectivity index (χ2v) is 9.11. The highest BCUT2D eigenvalue weighted by atomic mass is 19.1. The number of rotatable bonds is 8. The molecule has 4 aromatic rings. The minimum Gasteiger partial charge on any atom is -0.493 e. The third-order valence-electron chi connectivity index (χ3n) is 6.45. The molecule has 204 valence electrons. The first-order chi connectivity index (χ1) is 19.9. The molecule has 0 saturated carbocycles. The van der Waals surface area contributed by atoms with Crippen LogP contribution in [-0.2, 0) is 11.4 Å². The number of fused-ring (bicyclic) bond motifs is 1. The maximum atomic E-state index is 13.2. The third-order valence-corrected chi connectivity index (χ3v) is 6.45. The van der Waals surface area contributed by atoms with E-state index in [0.29, 0.717) is 22.8 Å². The number of hydrogen-bond donors (Lipinski definition) is 1. The Hall–Kier alpha value is -5.55. The Kier molecular flexibility index (Phi) is 7.98. The van der Waals surface area contributed by atoms with Crippen LogP contribution in [0.5, 0.6) is 23.0 Å². The SMILES string of the molecule is COc1cc(C2C(C#N)=C(N)Oc3cc(OC(=O)/C=C/c4ccccc4)ccc32)ccc1OCc1ccc(F)cc1. The van der Waals surface area contributed by atoms with Gasteiger partial charge in [-0.2, -0.15) is 5.26 Å². The van der Waals surface area contributed by atoms with E-state index in [1.807, 2.05) is 36.4 Å². The molecule has 0 aliphatic carbocycles. The summed E-state index contributed by atoms with van der Waals surface area (Å²) in [5.74, 6) is 0.0690. The summed E-state index contributed by atoms with van der Waals surface area (Å²) in [6.45, 7) is 0.217. The Morgan fingerprint density at radius 1 is 1.02 bits per heavy atom. The standard InChI is InChI=1S/C33H25FN2O5/c1-38-30-17-23(10-15-28(30)39-20-22-7-11-24(34)12-8-22)32-26-14-13-25(18-29(26)41-33(36)27(32)19-35)40-31(37)16-9-21-5-3-2-4-6-21/h2-18,32H,20,36H2,1H3/b16-9+. The highest BCUT2D eigenvalue weighted by Gasteiger charge is 2.31. The van der Waals surface area contributed by atoms with Crippen molar-refractivity contribution in [3.05, 3.63) is 137 Å². The van der Waals surface area contributed by atoms with Crippen LogP contribution in [0.25, 0.3) is 6.08 Å². The monoisotopic (exact) mass is 548 g/mol. The van der Waals surface area contributed by atoms with Crippen molar-refractivity contribution in [3.63, 3.8) is 0 Å². The lowest BCUT2D eigenvalue weighted by molar-refractivity contribution is -0.128. The van der Waals surface area contributed by atoms with Gasteiger partial charge in [-0.15, -0.1) is 0 Å². The molecule has 41 heavy (non-hydrogen) atoms. The number of nitriles is 1. The number of carbonyl (C=O) groups excluding carboxylic acids is 1. The molecule has 1 aliphatic rings. The van der Waals surface area contributed by atoms with Crippen molar-refractivity contribution in [2.75, 3.05) is 7.11 Å². The summed E-state index contributed by atoms with van der Waals surface area (Å²) in [6.07, 6.45) is 3.00. The normalized spacial score (nSPS) is 14.1. The molecule has 7 nitrogen and oxygen atoms in total. The van der Waals surface area contributed by atoms with Crippen molar-refractivity contribution in [2.45, 2.75) is 12.5 Å². The summed E-state index contributed by atoms with van der Waals surface area (Å²) in [6, 6.07) is 27.8. The van der Waals surface area contributed by atoms with E-state index >= 15 is 0 Å². The van der Waals surface area contributed by atoms with Crippen LogP contribution in [-0.4, -0.2) is 13.1 Å². The highest BCUT2D eigenvalue weighted by molar-refractivity contribution is 5.88. The van der Waals surface area contributed by atoms with Gasteiger partial charge in [0.15, 0.2) is 11.5 Å². The van der Waals surface area contributed by atoms with Crippen LogP contribution in [0.2, 0.25) is 0 Å². The lowest BCUT2D eigenvalue weighted by Gasteiger charge is -2.27. The fraction of sp³-hybridized carbons (Fsp3) is 0.0909. The number of allylic oxidation sites excluding steroid dienone is 1. The molecule has 1 unspecified atom stereocenters. The Balaban J connectivity index is 1.39. The predicted octanol–water partition coefficient (Wildman–Crippen LogP) is 6.25. The molecule has 0 aromatic heterocycles. The number of methoxy groups -OCH3 is 1. The van der Waals surface area contributed by atoms with Gasteiger partial charge >= 0.3 is 5.97 Å². The molecule has 0 amide bonds. The zero-order chi connectivity index (χ0) is 28.8. The fourth-order valence-electron chi connectivity index (χ4n) is 4.45. The van der Waals surface area contributed by atoms with E-state index in [2.05, 4.69) is 6.07 Å². The molecular formula is C33H25FN2O5. The van der Waals surface area contributed by atoms with Crippen LogP contribution >= 0.6 is 0 Å². The smallest absolute Gasteiger partial charge is 0.336 e. The molecule has 2 N–H and O–H groups in total. The van der Waals surface area contributed by atoms with E-state index in [-0.39, 0.29) is 29.6 Å². The first-order valence-corrected chi connectivity index (χ1v) is 12.7. The fourth-order valence-corrected chi connectivity index (χ4v) is 4.45. The van der Waals surface area contributed by atoms with Crippen molar-refractivity contribution in [1.29, 1.82) is 5.26 Å². The lowest BCUT2D eigenvalue weighted by atomic mass is 9.83. The summed E-state index contributed by atoms with van der Waals surface area (Å²) in [7, 11) is 1.52. The molecule has 5 rings (SSSR count). The predicted molar refractivity (Wildman–Crippen MR) is 151 cm³/mol. The summed E-state index contributed by atoms with van der Waals surface area (Å²) in [5.41, 5.74) is 9.43. The van der Waals surface area contributed by atoms with Crippen LogP contribution in [0.15, 0.2) is 109 Å². The molecule has 1 atom stereocenters. The number of esters is 1. The quantitative estimate of drug-likeness (QED) is 0.158. The van der Waals surface area contributed by atoms with Gasteiger partial charge in [-0.25, -0.2) is 9.18 Å². The van der Waals surface area contributed by atoms with Gasteiger partial charge in [0.05, 0.1) is 13.0 Å². The second kappa shape index (κ2) is 12.1. The molecule has 0 radical (unpaired) electrons. The van der Waals surface area contributed by atoms with Crippen molar-refractivity contribution in [3.8, 4) is 29.1 Å². The van der Waals surface area contributed by atoms with Gasteiger partial charge in [0, 0.05) is 17.7 Å². The molecule has 1 aliphatic heterocycles. The van der Waals surface area contributed by atoms with E-state index in [9.17, 15) is 14.4 Å². The van der Waals surface area contributed by atoms with Crippen molar-refractivity contribution >= 4 is 12.0 Å². The molecule has 8 heteroatoms.